The summed E-state index contributed by atoms with van der Waals surface area (Å²) in [6, 6.07) is 1.69. The number of H-pyrrole nitrogens is 1. The van der Waals surface area contributed by atoms with E-state index in [1.54, 1.807) is 24.7 Å². The molecule has 0 aliphatic heterocycles. The number of aromatic nitrogens is 6. The Bertz CT molecular complexity index is 823. The van der Waals surface area contributed by atoms with E-state index in [0.29, 0.717) is 23.3 Å². The highest BCUT2D eigenvalue weighted by molar-refractivity contribution is 5.92. The van der Waals surface area contributed by atoms with Gasteiger partial charge >= 0.3 is 0 Å². The van der Waals surface area contributed by atoms with Gasteiger partial charge in [-0.3, -0.25) is 14.9 Å². The third-order valence-corrected chi connectivity index (χ3v) is 3.48. The second-order valence-corrected chi connectivity index (χ2v) is 5.27. The van der Waals surface area contributed by atoms with Gasteiger partial charge in [-0.2, -0.15) is 5.10 Å². The van der Waals surface area contributed by atoms with E-state index in [2.05, 4.69) is 35.6 Å². The lowest BCUT2D eigenvalue weighted by atomic mass is 10.3. The van der Waals surface area contributed by atoms with Gasteiger partial charge in [0.15, 0.2) is 5.69 Å². The zero-order chi connectivity index (χ0) is 15.6. The third-order valence-electron chi connectivity index (χ3n) is 3.48. The van der Waals surface area contributed by atoms with E-state index in [4.69, 9.17) is 4.52 Å². The van der Waals surface area contributed by atoms with Crippen LogP contribution in [0.15, 0.2) is 29.2 Å². The molecule has 9 heteroatoms. The Hall–Kier alpha value is -3.10. The van der Waals surface area contributed by atoms with Gasteiger partial charge in [-0.15, -0.1) is 0 Å². The first kappa shape index (κ1) is 13.6. The van der Waals surface area contributed by atoms with E-state index in [1.165, 1.54) is 0 Å². The molecule has 0 atom stereocenters. The molecule has 1 aliphatic carbocycles. The lowest BCUT2D eigenvalue weighted by Crippen LogP contribution is -2.23. The molecule has 23 heavy (non-hydrogen) atoms. The predicted octanol–water partition coefficient (Wildman–Crippen LogP) is 1.06. The molecule has 0 bridgehead atoms. The van der Waals surface area contributed by atoms with Crippen LogP contribution in [0.1, 0.15) is 40.8 Å². The fraction of sp³-hybridized carbons (Fsp3) is 0.286. The monoisotopic (exact) mass is 311 g/mol. The van der Waals surface area contributed by atoms with Gasteiger partial charge in [-0.25, -0.2) is 9.97 Å². The highest BCUT2D eigenvalue weighted by atomic mass is 16.5. The molecule has 0 aromatic carbocycles. The van der Waals surface area contributed by atoms with Crippen molar-refractivity contribution >= 4 is 5.91 Å². The van der Waals surface area contributed by atoms with Crippen LogP contribution < -0.4 is 5.32 Å². The minimum absolute atomic E-state index is 0.206. The van der Waals surface area contributed by atoms with E-state index in [1.807, 2.05) is 0 Å². The number of nitrogens with zero attached hydrogens (tertiary/aromatic N) is 5. The van der Waals surface area contributed by atoms with Crippen molar-refractivity contribution in [3.8, 4) is 11.5 Å². The summed E-state index contributed by atoms with van der Waals surface area (Å²) < 4.78 is 5.16. The van der Waals surface area contributed by atoms with Crippen molar-refractivity contribution in [2.45, 2.75) is 25.3 Å². The molecule has 3 aromatic heterocycles. The Kier molecular flexibility index (Phi) is 3.30. The summed E-state index contributed by atoms with van der Waals surface area (Å²) in [5.74, 6) is 1.84. The summed E-state index contributed by atoms with van der Waals surface area (Å²) in [7, 11) is 0. The Labute approximate surface area is 130 Å². The molecule has 1 amide bonds. The fourth-order valence-corrected chi connectivity index (χ4v) is 2.11. The van der Waals surface area contributed by atoms with Crippen LogP contribution in [-0.4, -0.2) is 36.2 Å². The van der Waals surface area contributed by atoms with Crippen molar-refractivity contribution in [3.63, 3.8) is 0 Å². The summed E-state index contributed by atoms with van der Waals surface area (Å²) in [6.45, 7) is 0.206. The zero-order valence-electron chi connectivity index (χ0n) is 12.1. The minimum Gasteiger partial charge on any atom is -0.360 e. The molecule has 1 aliphatic rings. The number of hydrogen-bond donors (Lipinski definition) is 2. The van der Waals surface area contributed by atoms with Crippen LogP contribution in [0.2, 0.25) is 0 Å². The van der Waals surface area contributed by atoms with Crippen molar-refractivity contribution in [3.05, 3.63) is 41.9 Å². The maximum Gasteiger partial charge on any atom is 0.273 e. The van der Waals surface area contributed by atoms with Crippen LogP contribution in [-0.2, 0) is 6.54 Å². The van der Waals surface area contributed by atoms with Crippen molar-refractivity contribution in [1.29, 1.82) is 0 Å². The molecule has 2 N–H and O–H groups in total. The highest BCUT2D eigenvalue weighted by Crippen LogP contribution is 2.40. The standard InChI is InChI=1S/C14H13N7O2/c22-14(9-5-11(23-21-9)8-1-2-8)17-7-12-18-13(20-19-12)10-6-15-3-4-16-10/h3-6,8H,1-2,7H2,(H,17,22)(H,18,19,20). The summed E-state index contributed by atoms with van der Waals surface area (Å²) in [5, 5.41) is 13.3. The molecule has 0 radical (unpaired) electrons. The Morgan fingerprint density at radius 1 is 1.39 bits per heavy atom. The van der Waals surface area contributed by atoms with Crippen LogP contribution in [0.3, 0.4) is 0 Å². The Balaban J connectivity index is 1.38. The number of carbonyl (C=O) groups excluding carboxylic acids is 1. The number of hydrogen-bond acceptors (Lipinski definition) is 7. The molecule has 116 valence electrons. The number of rotatable bonds is 5. The first-order chi connectivity index (χ1) is 11.3. The topological polar surface area (TPSA) is 122 Å². The summed E-state index contributed by atoms with van der Waals surface area (Å²) in [4.78, 5) is 24.4. The third kappa shape index (κ3) is 2.93. The smallest absolute Gasteiger partial charge is 0.273 e. The van der Waals surface area contributed by atoms with Crippen molar-refractivity contribution < 1.29 is 9.32 Å². The predicted molar refractivity (Wildman–Crippen MR) is 77.1 cm³/mol. The molecule has 0 unspecified atom stereocenters. The van der Waals surface area contributed by atoms with Crippen LogP contribution in [0.25, 0.3) is 11.5 Å². The molecule has 9 nitrogen and oxygen atoms in total. The minimum atomic E-state index is -0.307. The molecular weight excluding hydrogens is 298 g/mol. The number of nitrogens with one attached hydrogen (secondary N) is 2. The van der Waals surface area contributed by atoms with E-state index in [0.717, 1.165) is 18.6 Å². The van der Waals surface area contributed by atoms with Gasteiger partial charge in [-0.1, -0.05) is 5.16 Å². The summed E-state index contributed by atoms with van der Waals surface area (Å²) in [6.07, 6.45) is 6.90. The molecule has 3 heterocycles. The fourth-order valence-electron chi connectivity index (χ4n) is 2.11. The largest absolute Gasteiger partial charge is 0.360 e. The van der Waals surface area contributed by atoms with Crippen molar-refractivity contribution in [1.82, 2.24) is 35.6 Å². The normalized spacial score (nSPS) is 13.9. The molecule has 3 aromatic rings. The number of amides is 1. The van der Waals surface area contributed by atoms with E-state index in [-0.39, 0.29) is 18.1 Å². The number of carbonyl (C=O) groups is 1. The van der Waals surface area contributed by atoms with E-state index in [9.17, 15) is 4.79 Å². The average Bonchev–Trinajstić information content (AvgIpc) is 3.14. The average molecular weight is 311 g/mol. The van der Waals surface area contributed by atoms with Gasteiger partial charge in [-0.05, 0) is 12.8 Å². The quantitative estimate of drug-likeness (QED) is 0.722. The lowest BCUT2D eigenvalue weighted by molar-refractivity contribution is 0.0940. The van der Waals surface area contributed by atoms with Crippen LogP contribution in [0.5, 0.6) is 0 Å². The van der Waals surface area contributed by atoms with Gasteiger partial charge in [0.05, 0.1) is 12.7 Å². The van der Waals surface area contributed by atoms with Gasteiger partial charge in [0.25, 0.3) is 5.91 Å². The lowest BCUT2D eigenvalue weighted by Gasteiger charge is -1.98. The Morgan fingerprint density at radius 2 is 2.30 bits per heavy atom. The molecule has 0 spiro atoms. The molecule has 0 saturated heterocycles. The maximum atomic E-state index is 12.0. The zero-order valence-corrected chi connectivity index (χ0v) is 12.1. The number of aromatic amines is 1. The van der Waals surface area contributed by atoms with Crippen molar-refractivity contribution in [2.24, 2.45) is 0 Å². The molecule has 1 fully saturated rings. The first-order valence-electron chi connectivity index (χ1n) is 7.22. The summed E-state index contributed by atoms with van der Waals surface area (Å²) in [5.41, 5.74) is 0.840. The van der Waals surface area contributed by atoms with E-state index >= 15 is 0 Å². The van der Waals surface area contributed by atoms with Crippen LogP contribution in [0, 0.1) is 0 Å². The van der Waals surface area contributed by atoms with Crippen molar-refractivity contribution in [2.75, 3.05) is 0 Å². The SMILES string of the molecule is O=C(NCc1nc(-c2cnccn2)n[nH]1)c1cc(C2CC2)on1. The van der Waals surface area contributed by atoms with Gasteiger partial charge in [0.2, 0.25) is 5.82 Å². The van der Waals surface area contributed by atoms with Crippen LogP contribution >= 0.6 is 0 Å². The Morgan fingerprint density at radius 3 is 3.09 bits per heavy atom. The summed E-state index contributed by atoms with van der Waals surface area (Å²) >= 11 is 0. The van der Waals surface area contributed by atoms with E-state index < -0.39 is 0 Å². The van der Waals surface area contributed by atoms with Gasteiger partial charge < -0.3 is 9.84 Å². The van der Waals surface area contributed by atoms with Crippen LogP contribution in [0.4, 0.5) is 0 Å². The molecular formula is C14H13N7O2. The first-order valence-corrected chi connectivity index (χ1v) is 7.22. The second-order valence-electron chi connectivity index (χ2n) is 5.27. The molecule has 4 rings (SSSR count). The van der Waals surface area contributed by atoms with Gasteiger partial charge in [0.1, 0.15) is 17.3 Å². The van der Waals surface area contributed by atoms with Gasteiger partial charge in [0, 0.05) is 24.4 Å². The molecule has 1 saturated carbocycles. The highest BCUT2D eigenvalue weighted by Gasteiger charge is 2.28. The second kappa shape index (κ2) is 5.59. The maximum absolute atomic E-state index is 12.0.